The van der Waals surface area contributed by atoms with E-state index in [0.717, 1.165) is 0 Å². The van der Waals surface area contributed by atoms with Crippen LogP contribution in [0.25, 0.3) is 0 Å². The molecule has 0 saturated heterocycles. The van der Waals surface area contributed by atoms with Crippen molar-refractivity contribution in [2.75, 3.05) is 0 Å². The highest BCUT2D eigenvalue weighted by Crippen LogP contribution is 2.35. The second-order valence-electron chi connectivity index (χ2n) is 2.32. The summed E-state index contributed by atoms with van der Waals surface area (Å²) in [5, 5.41) is 19.4. The Labute approximate surface area is 73.5 Å². The number of aryl methyl sites for hydroxylation is 1. The molecular formula is C7H6ClNO3. The standard InChI is InChI=1S/C7H6ClNO3/c1-4-2-3-5(10)7(6(4)8)9(11)12/h2-3,10H,1H3. The molecule has 64 valence electrons. The molecule has 0 bridgehead atoms. The number of phenols is 1. The Morgan fingerprint density at radius 3 is 2.58 bits per heavy atom. The lowest BCUT2D eigenvalue weighted by Gasteiger charge is -2.00. The zero-order valence-electron chi connectivity index (χ0n) is 6.24. The van der Waals surface area contributed by atoms with Crippen LogP contribution in [0.15, 0.2) is 12.1 Å². The molecule has 0 aliphatic heterocycles. The van der Waals surface area contributed by atoms with Crippen LogP contribution in [-0.4, -0.2) is 10.0 Å². The van der Waals surface area contributed by atoms with Crippen molar-refractivity contribution in [2.45, 2.75) is 6.92 Å². The van der Waals surface area contributed by atoms with Crippen LogP contribution in [0.3, 0.4) is 0 Å². The molecule has 0 aliphatic rings. The number of nitrogens with zero attached hydrogens (tertiary/aromatic N) is 1. The van der Waals surface area contributed by atoms with Gasteiger partial charge in [-0.3, -0.25) is 10.1 Å². The van der Waals surface area contributed by atoms with Crippen molar-refractivity contribution in [3.05, 3.63) is 32.8 Å². The quantitative estimate of drug-likeness (QED) is 0.542. The number of aromatic hydroxyl groups is 1. The Hall–Kier alpha value is -1.29. The van der Waals surface area contributed by atoms with Gasteiger partial charge in [0.05, 0.1) is 4.92 Å². The van der Waals surface area contributed by atoms with E-state index in [1.807, 2.05) is 0 Å². The second kappa shape index (κ2) is 2.98. The summed E-state index contributed by atoms with van der Waals surface area (Å²) >= 11 is 5.59. The molecule has 1 aromatic rings. The van der Waals surface area contributed by atoms with Crippen molar-refractivity contribution in [2.24, 2.45) is 0 Å². The first-order chi connectivity index (χ1) is 5.54. The number of benzene rings is 1. The SMILES string of the molecule is Cc1ccc(O)c([N+](=O)[O-])c1Cl. The highest BCUT2D eigenvalue weighted by Gasteiger charge is 2.19. The molecule has 5 heteroatoms. The van der Waals surface area contributed by atoms with Gasteiger partial charge in [-0.25, -0.2) is 0 Å². The van der Waals surface area contributed by atoms with Crippen molar-refractivity contribution in [3.63, 3.8) is 0 Å². The molecular weight excluding hydrogens is 182 g/mol. The average Bonchev–Trinajstić information content (AvgIpc) is 1.97. The first kappa shape index (κ1) is 8.80. The fourth-order valence-corrected chi connectivity index (χ4v) is 1.06. The largest absolute Gasteiger partial charge is 0.502 e. The monoisotopic (exact) mass is 187 g/mol. The van der Waals surface area contributed by atoms with Gasteiger partial charge in [-0.2, -0.15) is 0 Å². The minimum Gasteiger partial charge on any atom is -0.502 e. The van der Waals surface area contributed by atoms with Crippen molar-refractivity contribution in [3.8, 4) is 5.75 Å². The van der Waals surface area contributed by atoms with Gasteiger partial charge >= 0.3 is 5.69 Å². The van der Waals surface area contributed by atoms with E-state index in [2.05, 4.69) is 0 Å². The molecule has 1 N–H and O–H groups in total. The van der Waals surface area contributed by atoms with Gasteiger partial charge < -0.3 is 5.11 Å². The molecule has 0 spiro atoms. The zero-order valence-corrected chi connectivity index (χ0v) is 7.00. The van der Waals surface area contributed by atoms with Crippen LogP contribution in [0.2, 0.25) is 5.02 Å². The minimum atomic E-state index is -0.704. The Morgan fingerprint density at radius 1 is 1.58 bits per heavy atom. The van der Waals surface area contributed by atoms with Gasteiger partial charge in [0.15, 0.2) is 5.75 Å². The predicted molar refractivity (Wildman–Crippen MR) is 44.5 cm³/mol. The highest BCUT2D eigenvalue weighted by molar-refractivity contribution is 6.33. The number of halogens is 1. The van der Waals surface area contributed by atoms with Crippen LogP contribution >= 0.6 is 11.6 Å². The second-order valence-corrected chi connectivity index (χ2v) is 2.70. The summed E-state index contributed by atoms with van der Waals surface area (Å²) in [6.45, 7) is 1.63. The van der Waals surface area contributed by atoms with Gasteiger partial charge in [0.2, 0.25) is 0 Å². The molecule has 0 heterocycles. The maximum absolute atomic E-state index is 10.4. The van der Waals surface area contributed by atoms with Gasteiger partial charge in [-0.15, -0.1) is 0 Å². The maximum Gasteiger partial charge on any atom is 0.329 e. The molecule has 0 unspecified atom stereocenters. The molecule has 12 heavy (non-hydrogen) atoms. The molecule has 0 fully saturated rings. The van der Waals surface area contributed by atoms with Gasteiger partial charge in [0, 0.05) is 0 Å². The van der Waals surface area contributed by atoms with Crippen LogP contribution in [0.1, 0.15) is 5.56 Å². The molecule has 0 aliphatic carbocycles. The van der Waals surface area contributed by atoms with Crippen LogP contribution in [0.4, 0.5) is 5.69 Å². The molecule has 0 atom stereocenters. The molecule has 1 aromatic carbocycles. The molecule has 0 saturated carbocycles. The van der Waals surface area contributed by atoms with Gasteiger partial charge in [0.1, 0.15) is 5.02 Å². The molecule has 0 radical (unpaired) electrons. The summed E-state index contributed by atoms with van der Waals surface area (Å²) in [4.78, 5) is 9.65. The number of nitro benzene ring substituents is 1. The summed E-state index contributed by atoms with van der Waals surface area (Å²) in [6.07, 6.45) is 0. The molecule has 0 amide bonds. The molecule has 0 aromatic heterocycles. The number of rotatable bonds is 1. The predicted octanol–water partition coefficient (Wildman–Crippen LogP) is 2.26. The average molecular weight is 188 g/mol. The van der Waals surface area contributed by atoms with E-state index in [1.54, 1.807) is 6.92 Å². The third-order valence-electron chi connectivity index (χ3n) is 1.47. The number of hydrogen-bond acceptors (Lipinski definition) is 3. The highest BCUT2D eigenvalue weighted by atomic mass is 35.5. The van der Waals surface area contributed by atoms with E-state index < -0.39 is 16.4 Å². The van der Waals surface area contributed by atoms with Crippen molar-refractivity contribution < 1.29 is 10.0 Å². The minimum absolute atomic E-state index is 0.0139. The van der Waals surface area contributed by atoms with E-state index in [1.165, 1.54) is 12.1 Å². The fraction of sp³-hybridized carbons (Fsp3) is 0.143. The Kier molecular flexibility index (Phi) is 2.19. The Bertz CT molecular complexity index is 338. The van der Waals surface area contributed by atoms with Crippen molar-refractivity contribution >= 4 is 17.3 Å². The lowest BCUT2D eigenvalue weighted by atomic mass is 10.2. The molecule has 4 nitrogen and oxygen atoms in total. The van der Waals surface area contributed by atoms with Crippen LogP contribution in [0, 0.1) is 17.0 Å². The topological polar surface area (TPSA) is 63.4 Å². The normalized spacial score (nSPS) is 9.83. The summed E-state index contributed by atoms with van der Waals surface area (Å²) < 4.78 is 0. The lowest BCUT2D eigenvalue weighted by molar-refractivity contribution is -0.385. The van der Waals surface area contributed by atoms with Crippen LogP contribution in [-0.2, 0) is 0 Å². The summed E-state index contributed by atoms with van der Waals surface area (Å²) in [5.41, 5.74) is 0.137. The first-order valence-electron chi connectivity index (χ1n) is 3.16. The summed E-state index contributed by atoms with van der Waals surface area (Å²) in [5.74, 6) is -0.407. The zero-order chi connectivity index (χ0) is 9.30. The smallest absolute Gasteiger partial charge is 0.329 e. The van der Waals surface area contributed by atoms with E-state index >= 15 is 0 Å². The summed E-state index contributed by atoms with van der Waals surface area (Å²) in [7, 11) is 0. The Balaban J connectivity index is 3.43. The first-order valence-corrected chi connectivity index (χ1v) is 3.54. The summed E-state index contributed by atoms with van der Waals surface area (Å²) in [6, 6.07) is 2.77. The van der Waals surface area contributed by atoms with E-state index in [-0.39, 0.29) is 5.02 Å². The third-order valence-corrected chi connectivity index (χ3v) is 1.95. The van der Waals surface area contributed by atoms with E-state index in [0.29, 0.717) is 5.56 Å². The van der Waals surface area contributed by atoms with Gasteiger partial charge in [-0.1, -0.05) is 17.7 Å². The van der Waals surface area contributed by atoms with E-state index in [9.17, 15) is 10.1 Å². The third kappa shape index (κ3) is 1.33. The molecule has 1 rings (SSSR count). The number of phenolic OH excluding ortho intramolecular Hbond substituents is 1. The van der Waals surface area contributed by atoms with Crippen LogP contribution < -0.4 is 0 Å². The maximum atomic E-state index is 10.4. The van der Waals surface area contributed by atoms with Gasteiger partial charge in [0.25, 0.3) is 0 Å². The number of nitro groups is 1. The van der Waals surface area contributed by atoms with Gasteiger partial charge in [-0.05, 0) is 18.6 Å². The van der Waals surface area contributed by atoms with Crippen molar-refractivity contribution in [1.82, 2.24) is 0 Å². The lowest BCUT2D eigenvalue weighted by Crippen LogP contribution is -1.91. The Morgan fingerprint density at radius 2 is 2.17 bits per heavy atom. The van der Waals surface area contributed by atoms with Crippen LogP contribution in [0.5, 0.6) is 5.75 Å². The van der Waals surface area contributed by atoms with Crippen molar-refractivity contribution in [1.29, 1.82) is 0 Å². The number of hydrogen-bond donors (Lipinski definition) is 1. The van der Waals surface area contributed by atoms with E-state index in [4.69, 9.17) is 16.7 Å². The fourth-order valence-electron chi connectivity index (χ4n) is 0.829.